The van der Waals surface area contributed by atoms with Crippen molar-refractivity contribution in [3.05, 3.63) is 77.7 Å². The second-order valence-electron chi connectivity index (χ2n) is 7.46. The maximum atomic E-state index is 12.8. The first-order valence-corrected chi connectivity index (χ1v) is 10.4. The molecular formula is C23H20ClN5O. The maximum absolute atomic E-state index is 12.8. The van der Waals surface area contributed by atoms with Gasteiger partial charge in [-0.05, 0) is 49.2 Å². The first kappa shape index (κ1) is 18.8. The fourth-order valence-electron chi connectivity index (χ4n) is 4.05. The van der Waals surface area contributed by atoms with Crippen molar-refractivity contribution in [1.29, 1.82) is 0 Å². The molecule has 0 radical (unpaired) electrons. The number of anilines is 1. The molecule has 7 heteroatoms. The van der Waals surface area contributed by atoms with Crippen LogP contribution in [0.15, 0.2) is 67.1 Å². The largest absolute Gasteiger partial charge is 0.356 e. The van der Waals surface area contributed by atoms with Crippen LogP contribution in [0.1, 0.15) is 23.2 Å². The van der Waals surface area contributed by atoms with Gasteiger partial charge in [-0.25, -0.2) is 14.6 Å². The summed E-state index contributed by atoms with van der Waals surface area (Å²) in [6, 6.07) is 17.1. The van der Waals surface area contributed by atoms with E-state index in [0.717, 1.165) is 54.0 Å². The van der Waals surface area contributed by atoms with Crippen molar-refractivity contribution >= 4 is 34.2 Å². The Bertz CT molecular complexity index is 1180. The maximum Gasteiger partial charge on any atom is 0.168 e. The Morgan fingerprint density at radius 2 is 1.70 bits per heavy atom. The Balaban J connectivity index is 1.36. The zero-order valence-electron chi connectivity index (χ0n) is 16.3. The zero-order chi connectivity index (χ0) is 20.5. The average molecular weight is 418 g/mol. The number of ketones is 1. The number of Topliss-reactive ketones (excluding diaryl/α,β-unsaturated/α-hetero) is 1. The SMILES string of the molecule is O=C(c1ccc(Cl)cc1)C1CCN(c2ncnc3c2cnn3-c2ccccc2)CC1. The van der Waals surface area contributed by atoms with Gasteiger partial charge in [0.2, 0.25) is 0 Å². The number of hydrogen-bond donors (Lipinski definition) is 0. The molecule has 1 aliphatic rings. The van der Waals surface area contributed by atoms with Gasteiger partial charge in [0.05, 0.1) is 17.3 Å². The van der Waals surface area contributed by atoms with Gasteiger partial charge < -0.3 is 4.90 Å². The minimum absolute atomic E-state index is 0.0202. The Morgan fingerprint density at radius 3 is 2.43 bits per heavy atom. The molecule has 0 saturated carbocycles. The van der Waals surface area contributed by atoms with Gasteiger partial charge in [-0.15, -0.1) is 0 Å². The van der Waals surface area contributed by atoms with Crippen LogP contribution in [0, 0.1) is 5.92 Å². The van der Waals surface area contributed by atoms with Gasteiger partial charge >= 0.3 is 0 Å². The van der Waals surface area contributed by atoms with E-state index in [2.05, 4.69) is 20.0 Å². The number of nitrogens with zero attached hydrogens (tertiary/aromatic N) is 5. The summed E-state index contributed by atoms with van der Waals surface area (Å²) in [5.74, 6) is 1.09. The lowest BCUT2D eigenvalue weighted by molar-refractivity contribution is 0.0900. The topological polar surface area (TPSA) is 63.9 Å². The van der Waals surface area contributed by atoms with E-state index >= 15 is 0 Å². The fourth-order valence-corrected chi connectivity index (χ4v) is 4.17. The van der Waals surface area contributed by atoms with Crippen molar-refractivity contribution in [3.63, 3.8) is 0 Å². The lowest BCUT2D eigenvalue weighted by atomic mass is 9.89. The standard InChI is InChI=1S/C23H20ClN5O/c24-18-8-6-16(7-9-18)21(30)17-10-12-28(13-11-17)22-20-14-27-29(23(20)26-15-25-22)19-4-2-1-3-5-19/h1-9,14-15,17H,10-13H2. The highest BCUT2D eigenvalue weighted by molar-refractivity contribution is 6.30. The van der Waals surface area contributed by atoms with Crippen molar-refractivity contribution in [2.75, 3.05) is 18.0 Å². The number of halogens is 1. The second kappa shape index (κ2) is 7.88. The van der Waals surface area contributed by atoms with Gasteiger partial charge in [-0.3, -0.25) is 4.79 Å². The monoisotopic (exact) mass is 417 g/mol. The van der Waals surface area contributed by atoms with E-state index in [9.17, 15) is 4.79 Å². The number of hydrogen-bond acceptors (Lipinski definition) is 5. The number of carbonyl (C=O) groups excluding carboxylic acids is 1. The highest BCUT2D eigenvalue weighted by Gasteiger charge is 2.27. The molecule has 0 amide bonds. The predicted molar refractivity (Wildman–Crippen MR) is 117 cm³/mol. The number of rotatable bonds is 4. The van der Waals surface area contributed by atoms with Gasteiger partial charge in [0.1, 0.15) is 12.1 Å². The summed E-state index contributed by atoms with van der Waals surface area (Å²) in [7, 11) is 0. The Labute approximate surface area is 179 Å². The van der Waals surface area contributed by atoms with Gasteiger partial charge in [-0.2, -0.15) is 5.10 Å². The molecule has 6 nitrogen and oxygen atoms in total. The van der Waals surface area contributed by atoms with E-state index in [1.54, 1.807) is 18.5 Å². The Kier molecular flexibility index (Phi) is 4.93. The van der Waals surface area contributed by atoms with Crippen molar-refractivity contribution in [2.45, 2.75) is 12.8 Å². The van der Waals surface area contributed by atoms with Crippen LogP contribution < -0.4 is 4.90 Å². The minimum atomic E-state index is 0.0202. The summed E-state index contributed by atoms with van der Waals surface area (Å²) < 4.78 is 1.83. The number of fused-ring (bicyclic) bond motifs is 1. The Hall–Kier alpha value is -3.25. The minimum Gasteiger partial charge on any atom is -0.356 e. The molecule has 5 rings (SSSR count). The van der Waals surface area contributed by atoms with E-state index in [1.165, 1.54) is 0 Å². The molecular weight excluding hydrogens is 398 g/mol. The third-order valence-electron chi connectivity index (χ3n) is 5.64. The smallest absolute Gasteiger partial charge is 0.168 e. The molecule has 2 aromatic carbocycles. The highest BCUT2D eigenvalue weighted by atomic mass is 35.5. The number of para-hydroxylation sites is 1. The summed E-state index contributed by atoms with van der Waals surface area (Å²) in [4.78, 5) is 24.1. The molecule has 2 aromatic heterocycles. The van der Waals surface area contributed by atoms with E-state index in [1.807, 2.05) is 53.3 Å². The highest BCUT2D eigenvalue weighted by Crippen LogP contribution is 2.29. The van der Waals surface area contributed by atoms with Crippen molar-refractivity contribution < 1.29 is 4.79 Å². The van der Waals surface area contributed by atoms with Crippen molar-refractivity contribution in [3.8, 4) is 5.69 Å². The first-order chi connectivity index (χ1) is 14.7. The van der Waals surface area contributed by atoms with Crippen LogP contribution in [0.25, 0.3) is 16.7 Å². The lowest BCUT2D eigenvalue weighted by Gasteiger charge is -2.32. The third-order valence-corrected chi connectivity index (χ3v) is 5.89. The van der Waals surface area contributed by atoms with Crippen LogP contribution in [0.2, 0.25) is 5.02 Å². The van der Waals surface area contributed by atoms with E-state index in [4.69, 9.17) is 11.6 Å². The molecule has 0 N–H and O–H groups in total. The summed E-state index contributed by atoms with van der Waals surface area (Å²) in [6.07, 6.45) is 4.99. The van der Waals surface area contributed by atoms with Gasteiger partial charge in [0.15, 0.2) is 11.4 Å². The summed E-state index contributed by atoms with van der Waals surface area (Å²) in [5.41, 5.74) is 2.47. The molecule has 150 valence electrons. The van der Waals surface area contributed by atoms with Crippen LogP contribution in [0.4, 0.5) is 5.82 Å². The van der Waals surface area contributed by atoms with E-state index in [-0.39, 0.29) is 11.7 Å². The summed E-state index contributed by atoms with van der Waals surface area (Å²) >= 11 is 5.94. The molecule has 1 aliphatic heterocycles. The van der Waals surface area contributed by atoms with Crippen LogP contribution in [0.5, 0.6) is 0 Å². The van der Waals surface area contributed by atoms with E-state index < -0.39 is 0 Å². The predicted octanol–water partition coefficient (Wildman–Crippen LogP) is 4.57. The van der Waals surface area contributed by atoms with Crippen molar-refractivity contribution in [1.82, 2.24) is 19.7 Å². The van der Waals surface area contributed by atoms with Crippen LogP contribution in [0.3, 0.4) is 0 Å². The average Bonchev–Trinajstić information content (AvgIpc) is 3.24. The van der Waals surface area contributed by atoms with E-state index in [0.29, 0.717) is 5.02 Å². The molecule has 0 spiro atoms. The fraction of sp³-hybridized carbons (Fsp3) is 0.217. The van der Waals surface area contributed by atoms with Crippen molar-refractivity contribution in [2.24, 2.45) is 5.92 Å². The van der Waals surface area contributed by atoms with Gasteiger partial charge in [-0.1, -0.05) is 29.8 Å². The quantitative estimate of drug-likeness (QED) is 0.455. The van der Waals surface area contributed by atoms with Crippen LogP contribution >= 0.6 is 11.6 Å². The number of piperidine rings is 1. The molecule has 0 unspecified atom stereocenters. The first-order valence-electron chi connectivity index (χ1n) is 9.99. The number of benzene rings is 2. The van der Waals surface area contributed by atoms with Gasteiger partial charge in [0.25, 0.3) is 0 Å². The molecule has 30 heavy (non-hydrogen) atoms. The molecule has 0 bridgehead atoms. The summed E-state index contributed by atoms with van der Waals surface area (Å²) in [6.45, 7) is 1.54. The van der Waals surface area contributed by atoms with Gasteiger partial charge in [0, 0.05) is 29.6 Å². The number of aromatic nitrogens is 4. The third kappa shape index (κ3) is 3.44. The van der Waals surface area contributed by atoms with Crippen LogP contribution in [-0.4, -0.2) is 38.6 Å². The number of carbonyl (C=O) groups is 1. The molecule has 1 fully saturated rings. The molecule has 0 atom stereocenters. The zero-order valence-corrected chi connectivity index (χ0v) is 17.0. The Morgan fingerprint density at radius 1 is 0.967 bits per heavy atom. The second-order valence-corrected chi connectivity index (χ2v) is 7.90. The normalized spacial score (nSPS) is 14.9. The van der Waals surface area contributed by atoms with Crippen LogP contribution in [-0.2, 0) is 0 Å². The molecule has 1 saturated heterocycles. The molecule has 0 aliphatic carbocycles. The molecule has 4 aromatic rings. The lowest BCUT2D eigenvalue weighted by Crippen LogP contribution is -2.37. The molecule has 3 heterocycles. The summed E-state index contributed by atoms with van der Waals surface area (Å²) in [5, 5.41) is 6.10.